The first kappa shape index (κ1) is 19.3. The molecule has 0 aliphatic heterocycles. The smallest absolute Gasteiger partial charge is 0.0223 e. The van der Waals surface area contributed by atoms with Crippen molar-refractivity contribution >= 4 is 22.6 Å². The lowest BCUT2D eigenvalue weighted by Gasteiger charge is -2.23. The maximum atomic E-state index is 2.68. The van der Waals surface area contributed by atoms with Gasteiger partial charge in [-0.15, -0.1) is 0 Å². The highest BCUT2D eigenvalue weighted by atomic mass is 127. The zero-order valence-corrected chi connectivity index (χ0v) is 18.1. The first-order chi connectivity index (χ1) is 10.8. The molecular formula is C22H35I. The van der Waals surface area contributed by atoms with Crippen molar-refractivity contribution < 1.29 is 0 Å². The Bertz CT molecular complexity index is 523. The summed E-state index contributed by atoms with van der Waals surface area (Å²) in [5.74, 6) is 0. The lowest BCUT2D eigenvalue weighted by Crippen LogP contribution is -2.10. The number of aryl methyl sites for hydroxylation is 2. The third kappa shape index (κ3) is 5.76. The van der Waals surface area contributed by atoms with Crippen molar-refractivity contribution in [3.05, 3.63) is 34.4 Å². The molecule has 0 atom stereocenters. The molecule has 0 unspecified atom stereocenters. The Labute approximate surface area is 158 Å². The van der Waals surface area contributed by atoms with E-state index >= 15 is 0 Å². The van der Waals surface area contributed by atoms with Gasteiger partial charge in [0, 0.05) is 3.42 Å². The number of halogens is 1. The molecule has 0 amide bonds. The van der Waals surface area contributed by atoms with E-state index in [-0.39, 0.29) is 0 Å². The van der Waals surface area contributed by atoms with Gasteiger partial charge < -0.3 is 0 Å². The minimum atomic E-state index is 0.500. The highest BCUT2D eigenvalue weighted by molar-refractivity contribution is 14.1. The monoisotopic (exact) mass is 426 g/mol. The maximum absolute atomic E-state index is 2.68. The van der Waals surface area contributed by atoms with E-state index < -0.39 is 0 Å². The molecule has 23 heavy (non-hydrogen) atoms. The van der Waals surface area contributed by atoms with E-state index in [1.165, 1.54) is 63.4 Å². The number of hydrogen-bond donors (Lipinski definition) is 0. The molecule has 0 radical (unpaired) electrons. The summed E-state index contributed by atoms with van der Waals surface area (Å²) in [6.07, 6.45) is 12.1. The summed E-state index contributed by atoms with van der Waals surface area (Å²) in [5, 5.41) is 0. The second-order valence-electron chi connectivity index (χ2n) is 8.52. The second kappa shape index (κ2) is 7.89. The summed E-state index contributed by atoms with van der Waals surface area (Å²) in [6, 6.07) is 4.74. The zero-order chi connectivity index (χ0) is 17.1. The van der Waals surface area contributed by atoms with Crippen molar-refractivity contribution in [2.75, 3.05) is 0 Å². The fraction of sp³-hybridized carbons (Fsp3) is 0.727. The number of alkyl halides is 1. The van der Waals surface area contributed by atoms with Crippen LogP contribution < -0.4 is 0 Å². The molecule has 0 nitrogen and oxygen atoms in total. The average Bonchev–Trinajstić information content (AvgIpc) is 3.23. The lowest BCUT2D eigenvalue weighted by molar-refractivity contribution is 0.313. The minimum absolute atomic E-state index is 0.500. The Balaban J connectivity index is 1.94. The summed E-state index contributed by atoms with van der Waals surface area (Å²) >= 11 is 2.68. The predicted octanol–water partition coefficient (Wildman–Crippen LogP) is 7.35. The van der Waals surface area contributed by atoms with Gasteiger partial charge in [-0.1, -0.05) is 61.9 Å². The van der Waals surface area contributed by atoms with Gasteiger partial charge in [-0.05, 0) is 92.9 Å². The van der Waals surface area contributed by atoms with Crippen molar-refractivity contribution in [1.29, 1.82) is 0 Å². The SMILES string of the molecule is CCC(C)(C)CCCc1ccc(C)c(CCCC2(I)CC2)c1C. The topological polar surface area (TPSA) is 0 Å². The fourth-order valence-electron chi connectivity index (χ4n) is 3.50. The van der Waals surface area contributed by atoms with E-state index in [4.69, 9.17) is 0 Å². The van der Waals surface area contributed by atoms with Crippen LogP contribution in [-0.2, 0) is 12.8 Å². The molecule has 1 saturated carbocycles. The third-order valence-corrected chi connectivity index (χ3v) is 7.66. The lowest BCUT2D eigenvalue weighted by atomic mass is 9.83. The van der Waals surface area contributed by atoms with E-state index in [9.17, 15) is 0 Å². The molecule has 1 aromatic carbocycles. The molecule has 2 rings (SSSR count). The zero-order valence-electron chi connectivity index (χ0n) is 15.9. The van der Waals surface area contributed by atoms with Gasteiger partial charge in [-0.2, -0.15) is 0 Å². The predicted molar refractivity (Wildman–Crippen MR) is 112 cm³/mol. The quantitative estimate of drug-likeness (QED) is 0.286. The Morgan fingerprint density at radius 1 is 1.09 bits per heavy atom. The van der Waals surface area contributed by atoms with Crippen LogP contribution in [-0.4, -0.2) is 3.42 Å². The largest absolute Gasteiger partial charge is 0.0789 e. The van der Waals surface area contributed by atoms with E-state index in [2.05, 4.69) is 69.3 Å². The van der Waals surface area contributed by atoms with E-state index in [0.717, 1.165) is 0 Å². The molecule has 0 aromatic heterocycles. The van der Waals surface area contributed by atoms with Gasteiger partial charge in [-0.3, -0.25) is 0 Å². The molecule has 1 heteroatoms. The van der Waals surface area contributed by atoms with Crippen LogP contribution in [0.1, 0.15) is 88.0 Å². The van der Waals surface area contributed by atoms with Crippen LogP contribution in [0.15, 0.2) is 12.1 Å². The van der Waals surface area contributed by atoms with Crippen molar-refractivity contribution in [3.63, 3.8) is 0 Å². The van der Waals surface area contributed by atoms with Crippen molar-refractivity contribution in [2.24, 2.45) is 5.41 Å². The summed E-state index contributed by atoms with van der Waals surface area (Å²) < 4.78 is 0.670. The van der Waals surface area contributed by atoms with Crippen LogP contribution in [0.5, 0.6) is 0 Å². The van der Waals surface area contributed by atoms with Gasteiger partial charge in [0.2, 0.25) is 0 Å². The third-order valence-electron chi connectivity index (χ3n) is 6.05. The molecule has 1 aromatic rings. The molecule has 0 N–H and O–H groups in total. The van der Waals surface area contributed by atoms with Gasteiger partial charge >= 0.3 is 0 Å². The van der Waals surface area contributed by atoms with E-state index in [1.54, 1.807) is 16.7 Å². The van der Waals surface area contributed by atoms with Crippen molar-refractivity contribution in [3.8, 4) is 0 Å². The summed E-state index contributed by atoms with van der Waals surface area (Å²) in [5.41, 5.74) is 6.81. The molecular weight excluding hydrogens is 391 g/mol. The number of benzene rings is 1. The number of rotatable bonds is 9. The molecule has 0 bridgehead atoms. The first-order valence-electron chi connectivity index (χ1n) is 9.53. The first-order valence-corrected chi connectivity index (χ1v) is 10.6. The van der Waals surface area contributed by atoms with Crippen LogP contribution in [0.2, 0.25) is 0 Å². The summed E-state index contributed by atoms with van der Waals surface area (Å²) in [6.45, 7) is 11.8. The summed E-state index contributed by atoms with van der Waals surface area (Å²) in [7, 11) is 0. The molecule has 130 valence electrons. The second-order valence-corrected chi connectivity index (χ2v) is 10.8. The van der Waals surface area contributed by atoms with Gasteiger partial charge in [0.15, 0.2) is 0 Å². The van der Waals surface area contributed by atoms with Crippen molar-refractivity contribution in [2.45, 2.75) is 95.8 Å². The van der Waals surface area contributed by atoms with Gasteiger partial charge in [0.25, 0.3) is 0 Å². The standard InChI is InChI=1S/C22H35I/c1-6-21(4,5)13-7-9-19-12-11-17(2)20(18(19)3)10-8-14-22(23)15-16-22/h11-12H,6-10,13-16H2,1-5H3. The highest BCUT2D eigenvalue weighted by Gasteiger charge is 2.38. The Hall–Kier alpha value is -0.0500. The van der Waals surface area contributed by atoms with Crippen molar-refractivity contribution in [1.82, 2.24) is 0 Å². The fourth-order valence-corrected chi connectivity index (χ4v) is 4.15. The molecule has 0 spiro atoms. The normalized spacial score (nSPS) is 16.6. The molecule has 1 aliphatic carbocycles. The van der Waals surface area contributed by atoms with E-state index in [0.29, 0.717) is 8.84 Å². The van der Waals surface area contributed by atoms with Crippen LogP contribution in [0.25, 0.3) is 0 Å². The van der Waals surface area contributed by atoms with Crippen LogP contribution in [0, 0.1) is 19.3 Å². The van der Waals surface area contributed by atoms with Gasteiger partial charge in [0.05, 0.1) is 0 Å². The maximum Gasteiger partial charge on any atom is 0.0223 e. The minimum Gasteiger partial charge on any atom is -0.0789 e. The average molecular weight is 426 g/mol. The van der Waals surface area contributed by atoms with Crippen LogP contribution >= 0.6 is 22.6 Å². The molecule has 0 saturated heterocycles. The Morgan fingerprint density at radius 2 is 1.78 bits per heavy atom. The Morgan fingerprint density at radius 3 is 2.39 bits per heavy atom. The van der Waals surface area contributed by atoms with Gasteiger partial charge in [-0.25, -0.2) is 0 Å². The molecule has 1 fully saturated rings. The van der Waals surface area contributed by atoms with Crippen LogP contribution in [0.3, 0.4) is 0 Å². The van der Waals surface area contributed by atoms with Crippen LogP contribution in [0.4, 0.5) is 0 Å². The highest BCUT2D eigenvalue weighted by Crippen LogP contribution is 2.48. The molecule has 0 heterocycles. The molecule has 1 aliphatic rings. The summed E-state index contributed by atoms with van der Waals surface area (Å²) in [4.78, 5) is 0. The van der Waals surface area contributed by atoms with Gasteiger partial charge in [0.1, 0.15) is 0 Å². The Kier molecular flexibility index (Phi) is 6.61. The number of hydrogen-bond acceptors (Lipinski definition) is 0. The van der Waals surface area contributed by atoms with E-state index in [1.807, 2.05) is 0 Å².